The Morgan fingerprint density at radius 1 is 1.09 bits per heavy atom. The van der Waals surface area contributed by atoms with E-state index in [-0.39, 0.29) is 23.0 Å². The molecule has 3 rings (SSSR count). The second-order valence-electron chi connectivity index (χ2n) is 5.63. The van der Waals surface area contributed by atoms with Crippen LogP contribution in [0.4, 0.5) is 24.5 Å². The van der Waals surface area contributed by atoms with Crippen LogP contribution in [0.25, 0.3) is 0 Å². The first kappa shape index (κ1) is 15.9. The summed E-state index contributed by atoms with van der Waals surface area (Å²) in [6.07, 6.45) is -4.52. The molecule has 2 aromatic carbocycles. The van der Waals surface area contributed by atoms with Gasteiger partial charge in [-0.2, -0.15) is 13.2 Å². The minimum atomic E-state index is -4.51. The highest BCUT2D eigenvalue weighted by atomic mass is 35.5. The van der Waals surface area contributed by atoms with Crippen molar-refractivity contribution in [1.29, 1.82) is 0 Å². The van der Waals surface area contributed by atoms with Crippen molar-refractivity contribution >= 4 is 28.9 Å². The van der Waals surface area contributed by atoms with Gasteiger partial charge < -0.3 is 0 Å². The largest absolute Gasteiger partial charge is 0.416 e. The van der Waals surface area contributed by atoms with Gasteiger partial charge in [0.2, 0.25) is 5.91 Å². The summed E-state index contributed by atoms with van der Waals surface area (Å²) in [7, 11) is 0. The highest BCUT2D eigenvalue weighted by Crippen LogP contribution is 2.43. The summed E-state index contributed by atoms with van der Waals surface area (Å²) in [5, 5.41) is -0.0329. The molecule has 1 heterocycles. The zero-order chi connectivity index (χ0) is 16.9. The molecule has 0 saturated heterocycles. The molecular formula is C17H13ClF3NO. The van der Waals surface area contributed by atoms with E-state index in [0.29, 0.717) is 11.3 Å². The quantitative estimate of drug-likeness (QED) is 0.699. The van der Waals surface area contributed by atoms with Crippen LogP contribution >= 0.6 is 11.6 Å². The third-order valence-corrected chi connectivity index (χ3v) is 4.40. The molecule has 0 bridgehead atoms. The van der Waals surface area contributed by atoms with E-state index in [1.807, 2.05) is 19.9 Å². The maximum atomic E-state index is 13.0. The molecule has 0 spiro atoms. The Kier molecular flexibility index (Phi) is 3.64. The number of carbonyl (C=O) groups excluding carboxylic acids is 1. The number of hydrogen-bond donors (Lipinski definition) is 0. The van der Waals surface area contributed by atoms with Gasteiger partial charge in [0.1, 0.15) is 0 Å². The number of alkyl halides is 3. The molecule has 1 aliphatic heterocycles. The van der Waals surface area contributed by atoms with Crippen LogP contribution in [-0.2, 0) is 17.4 Å². The Balaban J connectivity index is 2.17. The minimum Gasteiger partial charge on any atom is -0.280 e. The van der Waals surface area contributed by atoms with Gasteiger partial charge >= 0.3 is 6.18 Å². The van der Waals surface area contributed by atoms with Gasteiger partial charge in [-0.25, -0.2) is 0 Å². The molecule has 0 saturated carbocycles. The lowest BCUT2D eigenvalue weighted by Crippen LogP contribution is -2.21. The zero-order valence-corrected chi connectivity index (χ0v) is 13.2. The highest BCUT2D eigenvalue weighted by Gasteiger charge is 2.37. The molecule has 0 aliphatic carbocycles. The van der Waals surface area contributed by atoms with Crippen molar-refractivity contribution in [3.8, 4) is 0 Å². The standard InChI is InChI=1S/C17H13ClF3NO/c1-9-3-4-12(5-10(9)2)22-15-7-11(17(19,20)21)6-14(18)13(15)8-16(22)23/h3-7H,8H2,1-2H3. The fraction of sp³-hybridized carbons (Fsp3) is 0.235. The van der Waals surface area contributed by atoms with E-state index in [0.717, 1.165) is 23.3 Å². The van der Waals surface area contributed by atoms with Crippen molar-refractivity contribution in [2.45, 2.75) is 26.4 Å². The summed E-state index contributed by atoms with van der Waals surface area (Å²) in [6, 6.07) is 7.21. The van der Waals surface area contributed by atoms with Gasteiger partial charge in [0, 0.05) is 16.3 Å². The van der Waals surface area contributed by atoms with Crippen LogP contribution in [-0.4, -0.2) is 5.91 Å². The van der Waals surface area contributed by atoms with Gasteiger partial charge in [0.15, 0.2) is 0 Å². The van der Waals surface area contributed by atoms with Gasteiger partial charge in [-0.1, -0.05) is 17.7 Å². The van der Waals surface area contributed by atoms with Crippen molar-refractivity contribution in [2.24, 2.45) is 0 Å². The van der Waals surface area contributed by atoms with Crippen LogP contribution in [0.3, 0.4) is 0 Å². The summed E-state index contributed by atoms with van der Waals surface area (Å²) < 4.78 is 39.1. The van der Waals surface area contributed by atoms with Crippen LogP contribution in [0.5, 0.6) is 0 Å². The lowest BCUT2D eigenvalue weighted by molar-refractivity contribution is -0.137. The van der Waals surface area contributed by atoms with E-state index in [9.17, 15) is 18.0 Å². The lowest BCUT2D eigenvalue weighted by Gasteiger charge is -2.20. The SMILES string of the molecule is Cc1ccc(N2C(=O)Cc3c(Cl)cc(C(F)(F)F)cc32)cc1C. The Morgan fingerprint density at radius 3 is 2.39 bits per heavy atom. The third-order valence-electron chi connectivity index (χ3n) is 4.07. The zero-order valence-electron chi connectivity index (χ0n) is 12.5. The normalized spacial score (nSPS) is 14.3. The fourth-order valence-electron chi connectivity index (χ4n) is 2.67. The average molecular weight is 340 g/mol. The molecule has 2 aromatic rings. The first-order chi connectivity index (χ1) is 10.7. The average Bonchev–Trinajstić information content (AvgIpc) is 2.78. The van der Waals surface area contributed by atoms with Crippen molar-refractivity contribution in [3.63, 3.8) is 0 Å². The maximum Gasteiger partial charge on any atom is 0.416 e. The Labute approximate surface area is 136 Å². The number of nitrogens with zero attached hydrogens (tertiary/aromatic N) is 1. The molecular weight excluding hydrogens is 327 g/mol. The number of benzene rings is 2. The molecule has 0 N–H and O–H groups in total. The molecule has 0 fully saturated rings. The number of rotatable bonds is 1. The van der Waals surface area contributed by atoms with E-state index in [1.54, 1.807) is 12.1 Å². The molecule has 1 amide bonds. The summed E-state index contributed by atoms with van der Waals surface area (Å²) in [5.41, 5.74) is 2.34. The molecule has 23 heavy (non-hydrogen) atoms. The second kappa shape index (κ2) is 5.27. The van der Waals surface area contributed by atoms with Crippen molar-refractivity contribution in [3.05, 3.63) is 57.6 Å². The summed E-state index contributed by atoms with van der Waals surface area (Å²) >= 11 is 5.98. The first-order valence-electron chi connectivity index (χ1n) is 6.98. The van der Waals surface area contributed by atoms with E-state index in [2.05, 4.69) is 0 Å². The number of hydrogen-bond acceptors (Lipinski definition) is 1. The Morgan fingerprint density at radius 2 is 1.78 bits per heavy atom. The lowest BCUT2D eigenvalue weighted by atomic mass is 10.1. The van der Waals surface area contributed by atoms with Crippen LogP contribution in [0, 0.1) is 13.8 Å². The van der Waals surface area contributed by atoms with Gasteiger partial charge in [0.25, 0.3) is 0 Å². The molecule has 120 valence electrons. The van der Waals surface area contributed by atoms with Crippen LogP contribution < -0.4 is 4.90 Å². The van der Waals surface area contributed by atoms with Crippen molar-refractivity contribution in [1.82, 2.24) is 0 Å². The van der Waals surface area contributed by atoms with Crippen molar-refractivity contribution < 1.29 is 18.0 Å². The molecule has 2 nitrogen and oxygen atoms in total. The van der Waals surface area contributed by atoms with Crippen LogP contribution in [0.1, 0.15) is 22.3 Å². The van der Waals surface area contributed by atoms with E-state index >= 15 is 0 Å². The highest BCUT2D eigenvalue weighted by molar-refractivity contribution is 6.33. The molecule has 6 heteroatoms. The Hall–Kier alpha value is -2.01. The van der Waals surface area contributed by atoms with Gasteiger partial charge in [-0.3, -0.25) is 9.69 Å². The van der Waals surface area contributed by atoms with Crippen LogP contribution in [0.15, 0.2) is 30.3 Å². The number of halogens is 4. The first-order valence-corrected chi connectivity index (χ1v) is 7.36. The van der Waals surface area contributed by atoms with Gasteiger partial charge in [-0.15, -0.1) is 0 Å². The number of anilines is 2. The molecule has 0 aromatic heterocycles. The summed E-state index contributed by atoms with van der Waals surface area (Å²) in [5.74, 6) is -0.288. The minimum absolute atomic E-state index is 0.000766. The number of amides is 1. The smallest absolute Gasteiger partial charge is 0.280 e. The number of aryl methyl sites for hydroxylation is 2. The predicted octanol–water partition coefficient (Wildman–Crippen LogP) is 5.20. The topological polar surface area (TPSA) is 20.3 Å². The van der Waals surface area contributed by atoms with Gasteiger partial charge in [0.05, 0.1) is 17.7 Å². The Bertz CT molecular complexity index is 814. The van der Waals surface area contributed by atoms with Gasteiger partial charge in [-0.05, 0) is 49.2 Å². The summed E-state index contributed by atoms with van der Waals surface area (Å²) in [4.78, 5) is 13.6. The number of fused-ring (bicyclic) bond motifs is 1. The fourth-order valence-corrected chi connectivity index (χ4v) is 2.95. The molecule has 0 radical (unpaired) electrons. The third kappa shape index (κ3) is 2.70. The maximum absolute atomic E-state index is 13.0. The summed E-state index contributed by atoms with van der Waals surface area (Å²) in [6.45, 7) is 3.82. The van der Waals surface area contributed by atoms with Crippen LogP contribution in [0.2, 0.25) is 5.02 Å². The van der Waals surface area contributed by atoms with E-state index in [1.165, 1.54) is 4.90 Å². The molecule has 0 unspecified atom stereocenters. The van der Waals surface area contributed by atoms with Crippen molar-refractivity contribution in [2.75, 3.05) is 4.90 Å². The van der Waals surface area contributed by atoms with E-state index < -0.39 is 11.7 Å². The predicted molar refractivity (Wildman–Crippen MR) is 83.2 cm³/mol. The van der Waals surface area contributed by atoms with E-state index in [4.69, 9.17) is 11.6 Å². The molecule has 0 atom stereocenters. The number of carbonyl (C=O) groups is 1. The monoisotopic (exact) mass is 339 g/mol. The molecule has 1 aliphatic rings. The second-order valence-corrected chi connectivity index (χ2v) is 6.04.